The van der Waals surface area contributed by atoms with Gasteiger partial charge in [0.25, 0.3) is 11.5 Å². The third-order valence-electron chi connectivity index (χ3n) is 7.51. The van der Waals surface area contributed by atoms with Gasteiger partial charge in [-0.15, -0.1) is 0 Å². The standard InChI is InChI=1S/C32H35ClN4O7/c1-18-25-27(36-44-18)26-22(33)14-9-15-23(26)37(30(25)40)21-13-8-12-20(16-21)35-29(39)28(19-10-6-5-7-11-19)42-24(38)17-34-31(41)43-32(2,3)4/h5-7,9-11,14-15,20-21,28H,8,12-13,16-17H2,1-4H3,(H,34,41)(H,35,39)/t20-,21-,28-/m0/s1. The first-order chi connectivity index (χ1) is 20.9. The van der Waals surface area contributed by atoms with Gasteiger partial charge < -0.3 is 29.2 Å². The van der Waals surface area contributed by atoms with Gasteiger partial charge in [-0.3, -0.25) is 14.4 Å². The number of amides is 2. The molecule has 0 spiro atoms. The molecule has 12 heteroatoms. The highest BCUT2D eigenvalue weighted by molar-refractivity contribution is 6.37. The number of rotatable bonds is 7. The molecule has 0 aliphatic heterocycles. The average molecular weight is 623 g/mol. The van der Waals surface area contributed by atoms with Crippen LogP contribution in [-0.2, 0) is 19.1 Å². The van der Waals surface area contributed by atoms with Crippen LogP contribution in [0.4, 0.5) is 4.79 Å². The van der Waals surface area contributed by atoms with Crippen LogP contribution in [0.25, 0.3) is 21.8 Å². The Morgan fingerprint density at radius 1 is 1.09 bits per heavy atom. The van der Waals surface area contributed by atoms with Gasteiger partial charge in [0.2, 0.25) is 6.10 Å². The molecule has 4 aromatic rings. The zero-order valence-corrected chi connectivity index (χ0v) is 25.8. The van der Waals surface area contributed by atoms with Gasteiger partial charge in [-0.25, -0.2) is 4.79 Å². The number of nitrogens with zero attached hydrogens (tertiary/aromatic N) is 2. The predicted octanol–water partition coefficient (Wildman–Crippen LogP) is 5.51. The third kappa shape index (κ3) is 6.72. The molecule has 0 radical (unpaired) electrons. The zero-order chi connectivity index (χ0) is 31.6. The highest BCUT2D eigenvalue weighted by Crippen LogP contribution is 2.35. The van der Waals surface area contributed by atoms with Crippen molar-refractivity contribution in [2.75, 3.05) is 6.54 Å². The summed E-state index contributed by atoms with van der Waals surface area (Å²) in [7, 11) is 0. The van der Waals surface area contributed by atoms with Crippen molar-refractivity contribution in [1.29, 1.82) is 0 Å². The van der Waals surface area contributed by atoms with Crippen molar-refractivity contribution >= 4 is 51.4 Å². The molecule has 0 bridgehead atoms. The van der Waals surface area contributed by atoms with E-state index in [-0.39, 0.29) is 17.6 Å². The smallest absolute Gasteiger partial charge is 0.408 e. The molecule has 2 N–H and O–H groups in total. The number of fused-ring (bicyclic) bond motifs is 3. The van der Waals surface area contributed by atoms with Gasteiger partial charge in [0.1, 0.15) is 28.8 Å². The van der Waals surface area contributed by atoms with Crippen LogP contribution in [0.2, 0.25) is 5.02 Å². The third-order valence-corrected chi connectivity index (χ3v) is 7.82. The van der Waals surface area contributed by atoms with Crippen LogP contribution in [0.5, 0.6) is 0 Å². The molecular weight excluding hydrogens is 588 g/mol. The lowest BCUT2D eigenvalue weighted by atomic mass is 9.89. The summed E-state index contributed by atoms with van der Waals surface area (Å²) >= 11 is 6.58. The lowest BCUT2D eigenvalue weighted by Gasteiger charge is -2.32. The van der Waals surface area contributed by atoms with Gasteiger partial charge in [-0.2, -0.15) is 0 Å². The molecular formula is C32H35ClN4O7. The maximum absolute atomic E-state index is 13.8. The van der Waals surface area contributed by atoms with E-state index in [4.69, 9.17) is 25.6 Å². The van der Waals surface area contributed by atoms with E-state index in [0.29, 0.717) is 51.0 Å². The van der Waals surface area contributed by atoms with Crippen molar-refractivity contribution in [2.45, 2.75) is 77.2 Å². The molecule has 11 nitrogen and oxygen atoms in total. The molecule has 2 aromatic carbocycles. The van der Waals surface area contributed by atoms with Crippen molar-refractivity contribution in [1.82, 2.24) is 20.4 Å². The Hall–Kier alpha value is -4.38. The van der Waals surface area contributed by atoms with Crippen LogP contribution in [-0.4, -0.2) is 45.9 Å². The minimum absolute atomic E-state index is 0.223. The first kappa shape index (κ1) is 31.1. The molecule has 232 valence electrons. The summed E-state index contributed by atoms with van der Waals surface area (Å²) < 4.78 is 17.8. The average Bonchev–Trinajstić information content (AvgIpc) is 3.36. The number of nitrogens with one attached hydrogen (secondary N) is 2. The normalized spacial score (nSPS) is 17.7. The lowest BCUT2D eigenvalue weighted by Crippen LogP contribution is -2.44. The van der Waals surface area contributed by atoms with E-state index in [9.17, 15) is 19.2 Å². The minimum Gasteiger partial charge on any atom is -0.446 e. The SMILES string of the molecule is Cc1onc2c1c(=O)n([C@H]1CCC[C@H](NC(=O)[C@@H](OC(=O)CNC(=O)OC(C)(C)C)c3ccccc3)C1)c1cccc(Cl)c21. The zero-order valence-electron chi connectivity index (χ0n) is 25.0. The summed E-state index contributed by atoms with van der Waals surface area (Å²) in [5.74, 6) is -0.887. The highest BCUT2D eigenvalue weighted by atomic mass is 35.5. The summed E-state index contributed by atoms with van der Waals surface area (Å²) in [6.07, 6.45) is 0.603. The second-order valence-electron chi connectivity index (χ2n) is 11.9. The Labute approximate surface area is 258 Å². The molecule has 1 saturated carbocycles. The van der Waals surface area contributed by atoms with E-state index < -0.39 is 36.2 Å². The van der Waals surface area contributed by atoms with Gasteiger partial charge in [-0.1, -0.05) is 53.2 Å². The Morgan fingerprint density at radius 2 is 1.84 bits per heavy atom. The second-order valence-corrected chi connectivity index (χ2v) is 12.3. The molecule has 5 rings (SSSR count). The van der Waals surface area contributed by atoms with Gasteiger partial charge in [0.05, 0.1) is 10.5 Å². The van der Waals surface area contributed by atoms with E-state index >= 15 is 0 Å². The topological polar surface area (TPSA) is 142 Å². The molecule has 2 aromatic heterocycles. The van der Waals surface area contributed by atoms with Crippen LogP contribution in [0.15, 0.2) is 57.8 Å². The predicted molar refractivity (Wildman–Crippen MR) is 164 cm³/mol. The number of aromatic nitrogens is 2. The van der Waals surface area contributed by atoms with Crippen LogP contribution < -0.4 is 16.2 Å². The Balaban J connectivity index is 1.35. The number of hydrogen-bond donors (Lipinski definition) is 2. The van der Waals surface area contributed by atoms with Crippen LogP contribution in [0, 0.1) is 6.92 Å². The molecule has 3 atom stereocenters. The molecule has 0 saturated heterocycles. The number of aryl methyl sites for hydroxylation is 1. The Morgan fingerprint density at radius 3 is 2.57 bits per heavy atom. The fraction of sp³-hybridized carbons (Fsp3) is 0.406. The number of benzene rings is 2. The number of ether oxygens (including phenoxy) is 2. The molecule has 0 unspecified atom stereocenters. The summed E-state index contributed by atoms with van der Waals surface area (Å²) in [6, 6.07) is 13.5. The molecule has 44 heavy (non-hydrogen) atoms. The van der Waals surface area contributed by atoms with Gasteiger partial charge in [-0.05, 0) is 65.5 Å². The molecule has 1 fully saturated rings. The quantitative estimate of drug-likeness (QED) is 0.257. The molecule has 1 aliphatic rings. The van der Waals surface area contributed by atoms with E-state index in [2.05, 4.69) is 15.8 Å². The lowest BCUT2D eigenvalue weighted by molar-refractivity contribution is -0.156. The van der Waals surface area contributed by atoms with Crippen molar-refractivity contribution < 1.29 is 28.4 Å². The van der Waals surface area contributed by atoms with Crippen LogP contribution in [0.3, 0.4) is 0 Å². The number of alkyl carbamates (subject to hydrolysis) is 1. The Kier molecular flexibility index (Phi) is 8.96. The van der Waals surface area contributed by atoms with E-state index in [1.807, 2.05) is 6.07 Å². The number of hydrogen-bond acceptors (Lipinski definition) is 8. The largest absolute Gasteiger partial charge is 0.446 e. The fourth-order valence-corrected chi connectivity index (χ4v) is 5.93. The second kappa shape index (κ2) is 12.7. The van der Waals surface area contributed by atoms with Crippen molar-refractivity contribution in [3.8, 4) is 0 Å². The maximum Gasteiger partial charge on any atom is 0.408 e. The molecule has 1 aliphatic carbocycles. The summed E-state index contributed by atoms with van der Waals surface area (Å²) in [4.78, 5) is 52.1. The van der Waals surface area contributed by atoms with Crippen molar-refractivity contribution in [2.24, 2.45) is 0 Å². The number of carbonyl (C=O) groups excluding carboxylic acids is 3. The summed E-state index contributed by atoms with van der Waals surface area (Å²) in [5.41, 5.74) is 0.599. The first-order valence-electron chi connectivity index (χ1n) is 14.5. The first-order valence-corrected chi connectivity index (χ1v) is 14.9. The monoisotopic (exact) mass is 622 g/mol. The highest BCUT2D eigenvalue weighted by Gasteiger charge is 2.32. The van der Waals surface area contributed by atoms with E-state index in [1.54, 1.807) is 74.7 Å². The number of esters is 1. The summed E-state index contributed by atoms with van der Waals surface area (Å²) in [6.45, 7) is 6.34. The van der Waals surface area contributed by atoms with E-state index in [0.717, 1.165) is 12.8 Å². The van der Waals surface area contributed by atoms with Crippen molar-refractivity contribution in [3.05, 3.63) is 75.2 Å². The van der Waals surface area contributed by atoms with Crippen LogP contribution >= 0.6 is 11.6 Å². The fourth-order valence-electron chi connectivity index (χ4n) is 5.67. The minimum atomic E-state index is -1.25. The van der Waals surface area contributed by atoms with Crippen LogP contribution in [0.1, 0.15) is 69.9 Å². The maximum atomic E-state index is 13.8. The van der Waals surface area contributed by atoms with Crippen molar-refractivity contribution in [3.63, 3.8) is 0 Å². The molecule has 2 amide bonds. The van der Waals surface area contributed by atoms with Gasteiger partial charge in [0.15, 0.2) is 0 Å². The van der Waals surface area contributed by atoms with Gasteiger partial charge in [0, 0.05) is 23.0 Å². The van der Waals surface area contributed by atoms with E-state index in [1.165, 1.54) is 0 Å². The number of pyridine rings is 1. The number of carbonyl (C=O) groups is 3. The van der Waals surface area contributed by atoms with Gasteiger partial charge >= 0.3 is 12.1 Å². The molecule has 2 heterocycles. The summed E-state index contributed by atoms with van der Waals surface area (Å²) in [5, 5.41) is 11.0. The Bertz CT molecular complexity index is 1760. The number of halogens is 1.